The maximum Gasteiger partial charge on any atom is 0.145 e. The molecule has 1 aromatic carbocycles. The first-order chi connectivity index (χ1) is 15.5. The van der Waals surface area contributed by atoms with Crippen LogP contribution in [0.4, 0.5) is 0 Å². The first-order valence-corrected chi connectivity index (χ1v) is 11.9. The Balaban J connectivity index is 2.08. The molecule has 162 valence electrons. The molecule has 4 rings (SSSR count). The molecule has 4 heteroatoms. The Morgan fingerprint density at radius 1 is 0.719 bits per heavy atom. The molecule has 0 amide bonds. The second kappa shape index (κ2) is 8.68. The van der Waals surface area contributed by atoms with Gasteiger partial charge in [-0.05, 0) is 45.9 Å². The quantitative estimate of drug-likeness (QED) is 0.283. The fourth-order valence-electron chi connectivity index (χ4n) is 4.08. The smallest absolute Gasteiger partial charge is 0.145 e. The van der Waals surface area contributed by atoms with E-state index in [1.807, 2.05) is 49.4 Å². The molecular weight excluding hydrogens is 415 g/mol. The number of aryl methyl sites for hydroxylation is 1. The lowest BCUT2D eigenvalue weighted by atomic mass is 10.1. The van der Waals surface area contributed by atoms with Gasteiger partial charge in [-0.1, -0.05) is 56.2 Å². The Kier molecular flexibility index (Phi) is 5.95. The minimum absolute atomic E-state index is 0.704. The zero-order chi connectivity index (χ0) is 23.0. The van der Waals surface area contributed by atoms with Gasteiger partial charge in [-0.3, -0.25) is 0 Å². The second-order valence-corrected chi connectivity index (χ2v) is 9.49. The normalized spacial score (nSPS) is 12.5. The van der Waals surface area contributed by atoms with Crippen LogP contribution in [0.2, 0.25) is 0 Å². The summed E-state index contributed by atoms with van der Waals surface area (Å²) in [5, 5.41) is 1.09. The number of fused-ring (bicyclic) bond motifs is 1. The van der Waals surface area contributed by atoms with Gasteiger partial charge in [0, 0.05) is 33.2 Å². The molecule has 3 heterocycles. The zero-order valence-corrected chi connectivity index (χ0v) is 19.9. The van der Waals surface area contributed by atoms with E-state index in [0.29, 0.717) is 5.76 Å². The van der Waals surface area contributed by atoms with E-state index in [1.165, 1.54) is 0 Å². The monoisotopic (exact) mass is 442 g/mol. The third-order valence-electron chi connectivity index (χ3n) is 5.73. The van der Waals surface area contributed by atoms with Crippen LogP contribution in [-0.4, -0.2) is 0 Å². The summed E-state index contributed by atoms with van der Waals surface area (Å²) in [6.45, 7) is 20.1. The fourth-order valence-corrected chi connectivity index (χ4v) is 6.57. The van der Waals surface area contributed by atoms with Gasteiger partial charge >= 0.3 is 0 Å². The largest absolute Gasteiger partial charge is 0.455 e. The molecule has 0 spiro atoms. The topological polar surface area (TPSA) is 39.4 Å². The summed E-state index contributed by atoms with van der Waals surface area (Å²) in [6.07, 6.45) is 9.31. The van der Waals surface area contributed by atoms with Crippen molar-refractivity contribution in [2.24, 2.45) is 0 Å². The van der Waals surface area contributed by atoms with Crippen molar-refractivity contribution in [3.8, 4) is 0 Å². The SMILES string of the molecule is C=Cc1oc(P(c2oc(/C=C\C)c(C=C)c2C)c2oc3ccccc3c2C)c(C)c1C=C. The van der Waals surface area contributed by atoms with E-state index in [-0.39, 0.29) is 0 Å². The minimum Gasteiger partial charge on any atom is -0.455 e. The average molecular weight is 442 g/mol. The van der Waals surface area contributed by atoms with Crippen LogP contribution in [0.1, 0.15) is 46.3 Å². The van der Waals surface area contributed by atoms with Crippen LogP contribution in [0.5, 0.6) is 0 Å². The molecule has 0 fully saturated rings. The molecule has 0 radical (unpaired) electrons. The number of allylic oxidation sites excluding steroid dienone is 1. The van der Waals surface area contributed by atoms with Gasteiger partial charge < -0.3 is 13.3 Å². The Bertz CT molecular complexity index is 1370. The molecule has 0 bridgehead atoms. The van der Waals surface area contributed by atoms with Crippen molar-refractivity contribution in [2.45, 2.75) is 27.7 Å². The summed E-state index contributed by atoms with van der Waals surface area (Å²) in [5.74, 6) is 1.49. The van der Waals surface area contributed by atoms with Gasteiger partial charge in [-0.15, -0.1) is 0 Å². The highest BCUT2D eigenvalue weighted by Gasteiger charge is 2.35. The summed E-state index contributed by atoms with van der Waals surface area (Å²) in [7, 11) is -1.25. The van der Waals surface area contributed by atoms with Crippen molar-refractivity contribution >= 4 is 59.7 Å². The first kappa shape index (κ1) is 21.9. The Morgan fingerprint density at radius 3 is 1.81 bits per heavy atom. The summed E-state index contributed by atoms with van der Waals surface area (Å²) < 4.78 is 19.3. The highest BCUT2D eigenvalue weighted by atomic mass is 31.1. The molecule has 3 aromatic heterocycles. The van der Waals surface area contributed by atoms with Crippen molar-refractivity contribution < 1.29 is 13.3 Å². The molecule has 3 nitrogen and oxygen atoms in total. The minimum atomic E-state index is -1.25. The van der Waals surface area contributed by atoms with E-state index in [4.69, 9.17) is 13.3 Å². The summed E-state index contributed by atoms with van der Waals surface area (Å²) >= 11 is 0. The fraction of sp³-hybridized carbons (Fsp3) is 0.143. The van der Waals surface area contributed by atoms with Gasteiger partial charge in [0.25, 0.3) is 0 Å². The van der Waals surface area contributed by atoms with Crippen LogP contribution < -0.4 is 16.5 Å². The van der Waals surface area contributed by atoms with Crippen LogP contribution in [0.25, 0.3) is 35.3 Å². The van der Waals surface area contributed by atoms with Crippen molar-refractivity contribution in [1.82, 2.24) is 0 Å². The molecule has 0 aliphatic heterocycles. The zero-order valence-electron chi connectivity index (χ0n) is 19.0. The second-order valence-electron chi connectivity index (χ2n) is 7.60. The maximum atomic E-state index is 6.47. The number of hydrogen-bond donors (Lipinski definition) is 0. The summed E-state index contributed by atoms with van der Waals surface area (Å²) in [5.41, 5.74) is 8.45. The lowest BCUT2D eigenvalue weighted by molar-refractivity contribution is 0.578. The van der Waals surface area contributed by atoms with E-state index in [2.05, 4.69) is 46.6 Å². The predicted octanol–water partition coefficient (Wildman–Crippen LogP) is 7.26. The number of rotatable bonds is 7. The highest BCUT2D eigenvalue weighted by molar-refractivity contribution is 7.79. The standard InChI is InChI=1S/C28H27O3P/c1-8-14-24-21(10-3)18(6)27(30-24)32(26-17(5)20(9-2)23(11-4)29-26)28-19(7)22-15-12-13-16-25(22)31-28/h8-16H,2-4H2,1,5-7H3/b14-8-. The average Bonchev–Trinajstić information content (AvgIpc) is 3.41. The lowest BCUT2D eigenvalue weighted by Crippen LogP contribution is -2.22. The van der Waals surface area contributed by atoms with Crippen LogP contribution in [-0.2, 0) is 0 Å². The van der Waals surface area contributed by atoms with Crippen molar-refractivity contribution in [1.29, 1.82) is 0 Å². The third-order valence-corrected chi connectivity index (χ3v) is 8.23. The number of para-hydroxylation sites is 1. The van der Waals surface area contributed by atoms with Gasteiger partial charge in [0.2, 0.25) is 0 Å². The van der Waals surface area contributed by atoms with Crippen molar-refractivity contribution in [2.75, 3.05) is 0 Å². The van der Waals surface area contributed by atoms with Gasteiger partial charge in [0.15, 0.2) is 0 Å². The van der Waals surface area contributed by atoms with E-state index < -0.39 is 7.92 Å². The first-order valence-electron chi connectivity index (χ1n) is 10.5. The van der Waals surface area contributed by atoms with Gasteiger partial charge in [-0.25, -0.2) is 0 Å². The van der Waals surface area contributed by atoms with Gasteiger partial charge in [-0.2, -0.15) is 0 Å². The van der Waals surface area contributed by atoms with Crippen LogP contribution >= 0.6 is 7.92 Å². The molecular formula is C28H27O3P. The van der Waals surface area contributed by atoms with E-state index in [1.54, 1.807) is 6.08 Å². The maximum absolute atomic E-state index is 6.47. The molecule has 0 aliphatic carbocycles. The van der Waals surface area contributed by atoms with Crippen LogP contribution in [0.15, 0.2) is 63.3 Å². The Morgan fingerprint density at radius 2 is 1.28 bits per heavy atom. The van der Waals surface area contributed by atoms with Crippen LogP contribution in [0.3, 0.4) is 0 Å². The predicted molar refractivity (Wildman–Crippen MR) is 139 cm³/mol. The van der Waals surface area contributed by atoms with E-state index in [9.17, 15) is 0 Å². The highest BCUT2D eigenvalue weighted by Crippen LogP contribution is 2.43. The molecule has 32 heavy (non-hydrogen) atoms. The number of hydrogen-bond acceptors (Lipinski definition) is 3. The summed E-state index contributed by atoms with van der Waals surface area (Å²) in [4.78, 5) is 0. The van der Waals surface area contributed by atoms with Gasteiger partial charge in [0.1, 0.15) is 41.5 Å². The molecule has 4 aromatic rings. The molecule has 0 aliphatic rings. The molecule has 0 N–H and O–H groups in total. The Hall–Kier alpha value is -3.29. The van der Waals surface area contributed by atoms with Crippen LogP contribution in [0, 0.1) is 20.8 Å². The Labute approximate surface area is 190 Å². The van der Waals surface area contributed by atoms with E-state index in [0.717, 1.165) is 61.1 Å². The summed E-state index contributed by atoms with van der Waals surface area (Å²) in [6, 6.07) is 8.09. The van der Waals surface area contributed by atoms with E-state index >= 15 is 0 Å². The number of furan rings is 3. The number of benzene rings is 1. The lowest BCUT2D eigenvalue weighted by Gasteiger charge is -2.14. The molecule has 0 saturated carbocycles. The van der Waals surface area contributed by atoms with Crippen molar-refractivity contribution in [3.05, 3.63) is 89.4 Å². The molecule has 1 unspecified atom stereocenters. The third kappa shape index (κ3) is 3.34. The van der Waals surface area contributed by atoms with Gasteiger partial charge in [0.05, 0.1) is 0 Å². The van der Waals surface area contributed by atoms with Crippen molar-refractivity contribution in [3.63, 3.8) is 0 Å². The molecule has 0 saturated heterocycles. The molecule has 1 atom stereocenters.